The lowest BCUT2D eigenvalue weighted by Crippen LogP contribution is -2.20. The molecule has 0 radical (unpaired) electrons. The highest BCUT2D eigenvalue weighted by atomic mass is 32.2. The van der Waals surface area contributed by atoms with Crippen molar-refractivity contribution in [1.82, 2.24) is 0 Å². The minimum absolute atomic E-state index is 0.0160. The fourth-order valence-electron chi connectivity index (χ4n) is 8.60. The van der Waals surface area contributed by atoms with Crippen LogP contribution in [0.1, 0.15) is 52.6 Å². The van der Waals surface area contributed by atoms with Crippen molar-refractivity contribution in [2.45, 2.75) is 43.2 Å². The minimum atomic E-state index is -5.45. The molecule has 0 heterocycles. The Bertz CT molecular complexity index is 4710. The predicted molar refractivity (Wildman–Crippen MR) is 306 cm³/mol. The van der Waals surface area contributed by atoms with Gasteiger partial charge in [-0.15, -0.1) is 0 Å². The molecule has 29 nitrogen and oxygen atoms in total. The Labute approximate surface area is 487 Å². The number of amides is 6. The molecule has 0 bridgehead atoms. The third-order valence-electron chi connectivity index (χ3n) is 12.5. The highest BCUT2D eigenvalue weighted by Gasteiger charge is 2.30. The van der Waals surface area contributed by atoms with Crippen LogP contribution in [0.4, 0.5) is 38.9 Å². The molecular weight excluding hydrogens is 1260 g/mol. The van der Waals surface area contributed by atoms with Crippen LogP contribution in [0.2, 0.25) is 0 Å². The average molecular weight is 1300 g/mol. The SMILES string of the molecule is Cc1ccc(NC(=O)c2cccc(NC(=O)Nc3cccc(C(=O)Nc4ccc(C)c(C(=O)Nc5ccc(S(=O)(=O)O)c6cc(S(=O)(=O)O)cc(S(=O)(=O)O)c56)c4)c3)c2)cc1C(=O)Nc1ccc(S(=O)(=O)O)c2cc(S(=O)(=O)O)cc(S(=O)(=O)O)c12. The van der Waals surface area contributed by atoms with Crippen LogP contribution in [-0.2, 0) is 60.7 Å². The van der Waals surface area contributed by atoms with E-state index in [0.717, 1.165) is 12.1 Å². The van der Waals surface area contributed by atoms with Gasteiger partial charge < -0.3 is 31.9 Å². The molecule has 0 atom stereocenters. The van der Waals surface area contributed by atoms with E-state index in [1.54, 1.807) is 0 Å². The smallest absolute Gasteiger partial charge is 0.322 e. The van der Waals surface area contributed by atoms with Gasteiger partial charge >= 0.3 is 6.03 Å². The summed E-state index contributed by atoms with van der Waals surface area (Å²) in [5.41, 5.74) is -0.661. The second-order valence-electron chi connectivity index (χ2n) is 18.4. The van der Waals surface area contributed by atoms with Crippen molar-refractivity contribution in [1.29, 1.82) is 0 Å². The molecule has 35 heteroatoms. The van der Waals surface area contributed by atoms with E-state index < -0.39 is 153 Å². The van der Waals surface area contributed by atoms with E-state index >= 15 is 0 Å². The van der Waals surface area contributed by atoms with Crippen LogP contribution in [0.15, 0.2) is 163 Å². The van der Waals surface area contributed by atoms with Crippen molar-refractivity contribution < 1.29 is 102 Å². The Morgan fingerprint density at radius 2 is 0.663 bits per heavy atom. The fraction of sp³-hybridized carbons (Fsp3) is 0.0392. The number of aryl methyl sites for hydroxylation is 2. The zero-order valence-corrected chi connectivity index (χ0v) is 48.2. The monoisotopic (exact) mass is 1300 g/mol. The van der Waals surface area contributed by atoms with Gasteiger partial charge in [-0.2, -0.15) is 50.5 Å². The summed E-state index contributed by atoms with van der Waals surface area (Å²) in [7, 11) is -31.9. The second kappa shape index (κ2) is 23.0. The normalized spacial score (nSPS) is 12.3. The summed E-state index contributed by atoms with van der Waals surface area (Å²) in [6.45, 7) is 2.95. The average Bonchev–Trinajstić information content (AvgIpc) is 0.759. The van der Waals surface area contributed by atoms with Crippen molar-refractivity contribution >= 4 is 146 Å². The predicted octanol–water partition coefficient (Wildman–Crippen LogP) is 6.74. The first-order valence-corrected chi connectivity index (χ1v) is 32.2. The molecule has 0 spiro atoms. The van der Waals surface area contributed by atoms with Crippen LogP contribution in [-0.4, -0.2) is 107 Å². The third kappa shape index (κ3) is 14.0. The summed E-state index contributed by atoms with van der Waals surface area (Å²) >= 11 is 0. The highest BCUT2D eigenvalue weighted by Crippen LogP contribution is 2.39. The molecule has 0 aliphatic heterocycles. The second-order valence-corrected chi connectivity index (χ2v) is 26.8. The molecule has 0 saturated carbocycles. The van der Waals surface area contributed by atoms with Crippen LogP contribution < -0.4 is 31.9 Å². The van der Waals surface area contributed by atoms with Gasteiger partial charge in [0.1, 0.15) is 19.6 Å². The van der Waals surface area contributed by atoms with Gasteiger partial charge in [0.05, 0.1) is 21.2 Å². The van der Waals surface area contributed by atoms with Crippen molar-refractivity contribution in [2.24, 2.45) is 0 Å². The minimum Gasteiger partial charge on any atom is -0.322 e. The van der Waals surface area contributed by atoms with Gasteiger partial charge in [0, 0.05) is 66.5 Å². The van der Waals surface area contributed by atoms with Gasteiger partial charge in [0.2, 0.25) is 0 Å². The maximum absolute atomic E-state index is 13.8. The molecule has 0 unspecified atom stereocenters. The molecule has 0 saturated heterocycles. The molecule has 0 aliphatic rings. The first kappa shape index (κ1) is 62.9. The molecule has 0 aromatic heterocycles. The fourth-order valence-corrected chi connectivity index (χ4v) is 12.7. The summed E-state index contributed by atoms with van der Waals surface area (Å²) in [6, 6.07) is 22.8. The number of nitrogens with one attached hydrogen (secondary N) is 6. The van der Waals surface area contributed by atoms with Crippen LogP contribution in [0, 0.1) is 13.8 Å². The van der Waals surface area contributed by atoms with Crippen molar-refractivity contribution in [3.8, 4) is 0 Å². The number of rotatable bonds is 16. The number of hydrogen-bond donors (Lipinski definition) is 12. The molecule has 8 rings (SSSR count). The van der Waals surface area contributed by atoms with Gasteiger partial charge in [0.25, 0.3) is 84.3 Å². The topological polar surface area (TPSA) is 484 Å². The van der Waals surface area contributed by atoms with E-state index in [9.17, 15) is 102 Å². The molecule has 8 aromatic rings. The summed E-state index contributed by atoms with van der Waals surface area (Å²) in [5.74, 6) is -3.55. The number of fused-ring (bicyclic) bond motifs is 2. The number of urea groups is 1. The molecule has 12 N–H and O–H groups in total. The molecule has 0 fully saturated rings. The maximum atomic E-state index is 13.8. The lowest BCUT2D eigenvalue weighted by atomic mass is 10.1. The molecule has 6 amide bonds. The van der Waals surface area contributed by atoms with E-state index in [2.05, 4.69) is 31.9 Å². The number of hydrogen-bond acceptors (Lipinski definition) is 17. The van der Waals surface area contributed by atoms with E-state index in [1.165, 1.54) is 98.8 Å². The highest BCUT2D eigenvalue weighted by molar-refractivity contribution is 7.88. The first-order valence-electron chi connectivity index (χ1n) is 23.6. The largest absolute Gasteiger partial charge is 0.323 e. The summed E-state index contributed by atoms with van der Waals surface area (Å²) < 4.78 is 206. The zero-order chi connectivity index (χ0) is 63.4. The Morgan fingerprint density at radius 3 is 0.988 bits per heavy atom. The number of benzene rings is 8. The van der Waals surface area contributed by atoms with Crippen LogP contribution in [0.5, 0.6) is 0 Å². The first-order chi connectivity index (χ1) is 39.8. The number of carbonyl (C=O) groups is 5. The number of anilines is 6. The lowest BCUT2D eigenvalue weighted by molar-refractivity contribution is 0.101. The summed E-state index contributed by atoms with van der Waals surface area (Å²) in [4.78, 5) is 60.8. The van der Waals surface area contributed by atoms with E-state index in [-0.39, 0.29) is 56.1 Å². The van der Waals surface area contributed by atoms with Crippen molar-refractivity contribution in [3.63, 3.8) is 0 Å². The third-order valence-corrected chi connectivity index (χ3v) is 17.7. The van der Waals surface area contributed by atoms with Gasteiger partial charge in [-0.05, 0) is 134 Å². The van der Waals surface area contributed by atoms with Gasteiger partial charge in [-0.25, -0.2) is 4.79 Å². The Balaban J connectivity index is 0.944. The van der Waals surface area contributed by atoms with Crippen LogP contribution in [0.3, 0.4) is 0 Å². The molecule has 0 aliphatic carbocycles. The molecule has 8 aromatic carbocycles. The Morgan fingerprint density at radius 1 is 0.326 bits per heavy atom. The Kier molecular flexibility index (Phi) is 16.9. The van der Waals surface area contributed by atoms with Gasteiger partial charge in [-0.1, -0.05) is 24.3 Å². The Hall–Kier alpha value is -9.11. The van der Waals surface area contributed by atoms with Crippen LogP contribution >= 0.6 is 0 Å². The zero-order valence-electron chi connectivity index (χ0n) is 43.3. The van der Waals surface area contributed by atoms with E-state index in [1.807, 2.05) is 0 Å². The quantitative estimate of drug-likeness (QED) is 0.0445. The van der Waals surface area contributed by atoms with Crippen molar-refractivity contribution in [2.75, 3.05) is 31.9 Å². The molecular formula is C51H40N6O23S6. The number of carbonyl (C=O) groups excluding carboxylic acids is 5. The van der Waals surface area contributed by atoms with Gasteiger partial charge in [-0.3, -0.25) is 46.5 Å². The standard InChI is InChI=1S/C51H40N6O23S6/c1-25-9-11-31(19-35(25)49(60)56-39-13-15-41(83(69,70)71)37-21-33(81(63,64)65)23-43(45(37)39)85(75,76)77)52-47(58)27-5-3-7-29(17-27)54-51(62)55-30-8-4-6-28(18-30)48(59)53-32-12-10-26(2)36(20-32)50(61)57-40-14-16-42(84(72,73)74)38-22-34(82(66,67)68)24-44(46(38)40)86(78,79)80/h3-24H,1-2H3,(H,52,58)(H,53,59)(H,56,60)(H,57,61)(H2,54,55,62)(H,63,64,65)(H,66,67,68)(H,69,70,71)(H,72,73,74)(H,75,76,77)(H,78,79,80). The van der Waals surface area contributed by atoms with E-state index in [4.69, 9.17) is 0 Å². The lowest BCUT2D eigenvalue weighted by Gasteiger charge is -2.16. The van der Waals surface area contributed by atoms with Gasteiger partial charge in [0.15, 0.2) is 0 Å². The molecule has 448 valence electrons. The summed E-state index contributed by atoms with van der Waals surface area (Å²) in [6.07, 6.45) is 0. The van der Waals surface area contributed by atoms with E-state index in [0.29, 0.717) is 36.4 Å². The summed E-state index contributed by atoms with van der Waals surface area (Å²) in [5, 5.41) is 11.7. The maximum Gasteiger partial charge on any atom is 0.323 e. The molecule has 86 heavy (non-hydrogen) atoms. The van der Waals surface area contributed by atoms with Crippen LogP contribution in [0.25, 0.3) is 21.5 Å². The van der Waals surface area contributed by atoms with Crippen molar-refractivity contribution in [3.05, 3.63) is 167 Å².